The SMILES string of the molecule is COc1ccc(S(=O)(=O)NCC2CCCCC2)c(N2CCOCC2)c1. The molecule has 1 saturated carbocycles. The zero-order valence-electron chi connectivity index (χ0n) is 14.9. The number of nitrogens with one attached hydrogen (secondary N) is 1. The van der Waals surface area contributed by atoms with E-state index in [2.05, 4.69) is 9.62 Å². The Morgan fingerprint density at radius 3 is 2.60 bits per heavy atom. The number of anilines is 1. The normalized spacial score (nSPS) is 19.8. The van der Waals surface area contributed by atoms with Crippen LogP contribution in [-0.4, -0.2) is 48.4 Å². The van der Waals surface area contributed by atoms with Gasteiger partial charge in [-0.05, 0) is 30.9 Å². The summed E-state index contributed by atoms with van der Waals surface area (Å²) >= 11 is 0. The largest absolute Gasteiger partial charge is 0.497 e. The Hall–Kier alpha value is -1.31. The molecule has 6 nitrogen and oxygen atoms in total. The van der Waals surface area contributed by atoms with Crippen molar-refractivity contribution in [1.82, 2.24) is 4.72 Å². The van der Waals surface area contributed by atoms with Gasteiger partial charge in [0.25, 0.3) is 0 Å². The molecular formula is C18H28N2O4S. The van der Waals surface area contributed by atoms with Gasteiger partial charge in [0.15, 0.2) is 0 Å². The Morgan fingerprint density at radius 2 is 1.92 bits per heavy atom. The molecule has 2 aliphatic rings. The van der Waals surface area contributed by atoms with Crippen LogP contribution in [0.2, 0.25) is 0 Å². The van der Waals surface area contributed by atoms with Crippen LogP contribution in [0.3, 0.4) is 0 Å². The molecule has 0 radical (unpaired) electrons. The molecule has 0 atom stereocenters. The highest BCUT2D eigenvalue weighted by atomic mass is 32.2. The quantitative estimate of drug-likeness (QED) is 0.835. The molecule has 1 N–H and O–H groups in total. The molecule has 1 aromatic rings. The van der Waals surface area contributed by atoms with Crippen LogP contribution in [0.5, 0.6) is 5.75 Å². The van der Waals surface area contributed by atoms with Gasteiger partial charge in [-0.15, -0.1) is 0 Å². The van der Waals surface area contributed by atoms with E-state index in [-0.39, 0.29) is 0 Å². The van der Waals surface area contributed by atoms with Crippen molar-refractivity contribution >= 4 is 15.7 Å². The molecule has 140 valence electrons. The van der Waals surface area contributed by atoms with E-state index in [9.17, 15) is 8.42 Å². The van der Waals surface area contributed by atoms with E-state index in [1.165, 1.54) is 19.3 Å². The van der Waals surface area contributed by atoms with Crippen molar-refractivity contribution in [2.45, 2.75) is 37.0 Å². The third-order valence-corrected chi connectivity index (χ3v) is 6.57. The highest BCUT2D eigenvalue weighted by Crippen LogP contribution is 2.31. The number of methoxy groups -OCH3 is 1. The number of hydrogen-bond acceptors (Lipinski definition) is 5. The Kier molecular flexibility index (Phi) is 6.19. The summed E-state index contributed by atoms with van der Waals surface area (Å²) in [6.07, 6.45) is 5.90. The fourth-order valence-electron chi connectivity index (χ4n) is 3.60. The number of nitrogens with zero attached hydrogens (tertiary/aromatic N) is 1. The van der Waals surface area contributed by atoms with Gasteiger partial charge >= 0.3 is 0 Å². The Bertz CT molecular complexity index is 666. The first-order valence-corrected chi connectivity index (χ1v) is 10.6. The van der Waals surface area contributed by atoms with Gasteiger partial charge in [0.2, 0.25) is 10.0 Å². The van der Waals surface area contributed by atoms with E-state index < -0.39 is 10.0 Å². The third kappa shape index (κ3) is 4.65. The van der Waals surface area contributed by atoms with Crippen LogP contribution < -0.4 is 14.4 Å². The number of rotatable bonds is 6. The zero-order valence-corrected chi connectivity index (χ0v) is 15.7. The third-order valence-electron chi connectivity index (χ3n) is 5.09. The lowest BCUT2D eigenvalue weighted by molar-refractivity contribution is 0.122. The van der Waals surface area contributed by atoms with E-state index in [0.717, 1.165) is 12.8 Å². The smallest absolute Gasteiger partial charge is 0.242 e. The minimum atomic E-state index is -3.55. The van der Waals surface area contributed by atoms with Gasteiger partial charge in [0, 0.05) is 25.7 Å². The molecule has 7 heteroatoms. The monoisotopic (exact) mass is 368 g/mol. The molecule has 0 spiro atoms. The first-order chi connectivity index (χ1) is 12.1. The van der Waals surface area contributed by atoms with Crippen molar-refractivity contribution in [3.05, 3.63) is 18.2 Å². The Balaban J connectivity index is 1.80. The fourth-order valence-corrected chi connectivity index (χ4v) is 4.92. The van der Waals surface area contributed by atoms with E-state index in [1.807, 2.05) is 0 Å². The predicted molar refractivity (Wildman–Crippen MR) is 97.8 cm³/mol. The summed E-state index contributed by atoms with van der Waals surface area (Å²) in [6, 6.07) is 5.16. The molecule has 1 heterocycles. The maximum Gasteiger partial charge on any atom is 0.242 e. The maximum absolute atomic E-state index is 12.9. The van der Waals surface area contributed by atoms with Gasteiger partial charge in [-0.1, -0.05) is 19.3 Å². The van der Waals surface area contributed by atoms with Gasteiger partial charge < -0.3 is 14.4 Å². The molecule has 25 heavy (non-hydrogen) atoms. The second-order valence-corrected chi connectivity index (χ2v) is 8.52. The van der Waals surface area contributed by atoms with Gasteiger partial charge in [0.1, 0.15) is 10.6 Å². The average Bonchev–Trinajstić information content (AvgIpc) is 2.67. The lowest BCUT2D eigenvalue weighted by Gasteiger charge is -2.31. The van der Waals surface area contributed by atoms with E-state index in [4.69, 9.17) is 9.47 Å². The van der Waals surface area contributed by atoms with Gasteiger partial charge in [0.05, 0.1) is 26.0 Å². The van der Waals surface area contributed by atoms with Crippen molar-refractivity contribution in [3.8, 4) is 5.75 Å². The van der Waals surface area contributed by atoms with Crippen LogP contribution in [0.4, 0.5) is 5.69 Å². The van der Waals surface area contributed by atoms with Crippen LogP contribution >= 0.6 is 0 Å². The van der Waals surface area contributed by atoms with Crippen LogP contribution in [-0.2, 0) is 14.8 Å². The lowest BCUT2D eigenvalue weighted by atomic mass is 9.90. The minimum Gasteiger partial charge on any atom is -0.497 e. The molecule has 1 aromatic carbocycles. The first-order valence-electron chi connectivity index (χ1n) is 9.10. The molecule has 3 rings (SSSR count). The molecule has 2 fully saturated rings. The number of hydrogen-bond donors (Lipinski definition) is 1. The standard InChI is InChI=1S/C18H28N2O4S/c1-23-16-7-8-18(17(13-16)20-9-11-24-12-10-20)25(21,22)19-14-15-5-3-2-4-6-15/h7-8,13,15,19H,2-6,9-12,14H2,1H3. The van der Waals surface area contributed by atoms with Crippen LogP contribution in [0.1, 0.15) is 32.1 Å². The van der Waals surface area contributed by atoms with Crippen molar-refractivity contribution in [3.63, 3.8) is 0 Å². The molecule has 1 aliphatic heterocycles. The van der Waals surface area contributed by atoms with Crippen molar-refractivity contribution < 1.29 is 17.9 Å². The maximum atomic E-state index is 12.9. The molecular weight excluding hydrogens is 340 g/mol. The van der Waals surface area contributed by atoms with Gasteiger partial charge in [-0.3, -0.25) is 0 Å². The Morgan fingerprint density at radius 1 is 1.20 bits per heavy atom. The summed E-state index contributed by atoms with van der Waals surface area (Å²) in [4.78, 5) is 2.38. The van der Waals surface area contributed by atoms with Crippen molar-refractivity contribution in [2.24, 2.45) is 5.92 Å². The summed E-state index contributed by atoms with van der Waals surface area (Å²) in [6.45, 7) is 3.09. The van der Waals surface area contributed by atoms with E-state index in [0.29, 0.717) is 55.1 Å². The summed E-state index contributed by atoms with van der Waals surface area (Å²) in [5, 5.41) is 0. The summed E-state index contributed by atoms with van der Waals surface area (Å²) < 4.78 is 39.4. The Labute approximate surface area is 150 Å². The fraction of sp³-hybridized carbons (Fsp3) is 0.667. The van der Waals surface area contributed by atoms with Gasteiger partial charge in [-0.25, -0.2) is 13.1 Å². The summed E-state index contributed by atoms with van der Waals surface area (Å²) in [7, 11) is -1.96. The molecule has 1 aliphatic carbocycles. The molecule has 0 aromatic heterocycles. The molecule has 0 unspecified atom stereocenters. The highest BCUT2D eigenvalue weighted by molar-refractivity contribution is 7.89. The molecule has 1 saturated heterocycles. The topological polar surface area (TPSA) is 67.9 Å². The number of ether oxygens (including phenoxy) is 2. The van der Waals surface area contributed by atoms with E-state index >= 15 is 0 Å². The van der Waals surface area contributed by atoms with E-state index in [1.54, 1.807) is 25.3 Å². The van der Waals surface area contributed by atoms with Crippen molar-refractivity contribution in [2.75, 3.05) is 44.9 Å². The second kappa shape index (κ2) is 8.38. The summed E-state index contributed by atoms with van der Waals surface area (Å²) in [5.41, 5.74) is 0.693. The number of sulfonamides is 1. The van der Waals surface area contributed by atoms with Crippen molar-refractivity contribution in [1.29, 1.82) is 0 Å². The van der Waals surface area contributed by atoms with Crippen LogP contribution in [0.25, 0.3) is 0 Å². The predicted octanol–water partition coefficient (Wildman–Crippen LogP) is 2.39. The lowest BCUT2D eigenvalue weighted by Crippen LogP contribution is -2.38. The summed E-state index contributed by atoms with van der Waals surface area (Å²) in [5.74, 6) is 1.11. The number of morpholine rings is 1. The molecule has 0 bridgehead atoms. The minimum absolute atomic E-state index is 0.325. The average molecular weight is 368 g/mol. The zero-order chi connectivity index (χ0) is 17.7. The van der Waals surface area contributed by atoms with Crippen LogP contribution in [0, 0.1) is 5.92 Å². The first kappa shape index (κ1) is 18.5. The van der Waals surface area contributed by atoms with Gasteiger partial charge in [-0.2, -0.15) is 0 Å². The second-order valence-electron chi connectivity index (χ2n) is 6.79. The van der Waals surface area contributed by atoms with Crippen LogP contribution in [0.15, 0.2) is 23.1 Å². The number of benzene rings is 1. The highest BCUT2D eigenvalue weighted by Gasteiger charge is 2.25. The molecule has 0 amide bonds.